The minimum Gasteiger partial charge on any atom is -0.260 e. The van der Waals surface area contributed by atoms with Gasteiger partial charge in [0.1, 0.15) is 0 Å². The van der Waals surface area contributed by atoms with E-state index in [4.69, 9.17) is 0 Å². The fraction of sp³-hybridized carbons (Fsp3) is 0.167. The number of nitrogens with zero attached hydrogens (tertiary/aromatic N) is 2. The van der Waals surface area contributed by atoms with Crippen LogP contribution in [0.4, 0.5) is 13.2 Å². The zero-order chi connectivity index (χ0) is 19.5. The molecule has 0 saturated heterocycles. The Hall–Kier alpha value is -2.23. The number of rotatable bonds is 6. The second-order valence-corrected chi connectivity index (χ2v) is 8.47. The Morgan fingerprint density at radius 1 is 1.00 bits per heavy atom. The van der Waals surface area contributed by atoms with Gasteiger partial charge in [0.15, 0.2) is 0 Å². The molecule has 0 saturated carbocycles. The van der Waals surface area contributed by atoms with Crippen molar-refractivity contribution in [3.8, 4) is 0 Å². The van der Waals surface area contributed by atoms with Crippen LogP contribution in [-0.4, -0.2) is 17.7 Å². The topological polar surface area (TPSA) is 50.3 Å². The third-order valence-electron chi connectivity index (χ3n) is 3.82. The Bertz CT molecular complexity index is 972. The molecule has 9 heteroatoms. The highest BCUT2D eigenvalue weighted by Gasteiger charge is 2.31. The molecule has 2 aromatic heterocycles. The molecule has 0 aliphatic carbocycles. The van der Waals surface area contributed by atoms with E-state index in [-0.39, 0.29) is 18.0 Å². The van der Waals surface area contributed by atoms with E-state index in [1.807, 2.05) is 10.8 Å². The first-order valence-electron chi connectivity index (χ1n) is 7.85. The summed E-state index contributed by atoms with van der Waals surface area (Å²) in [5.74, 6) is 0. The van der Waals surface area contributed by atoms with Gasteiger partial charge < -0.3 is 0 Å². The summed E-state index contributed by atoms with van der Waals surface area (Å²) in [6.07, 6.45) is -2.96. The average Bonchev–Trinajstić information content (AvgIpc) is 3.14. The molecule has 0 aliphatic rings. The lowest BCUT2D eigenvalue weighted by Crippen LogP contribution is -2.30. The van der Waals surface area contributed by atoms with Crippen molar-refractivity contribution in [2.75, 3.05) is 0 Å². The van der Waals surface area contributed by atoms with E-state index < -0.39 is 21.8 Å². The van der Waals surface area contributed by atoms with Crippen LogP contribution >= 0.6 is 11.3 Å². The Morgan fingerprint density at radius 2 is 1.74 bits per heavy atom. The van der Waals surface area contributed by atoms with Crippen LogP contribution in [0, 0.1) is 0 Å². The second-order valence-electron chi connectivity index (χ2n) is 5.75. The maximum Gasteiger partial charge on any atom is 0.416 e. The number of benzene rings is 1. The normalized spacial score (nSPS) is 12.4. The summed E-state index contributed by atoms with van der Waals surface area (Å²) >= 11 is 1.44. The van der Waals surface area contributed by atoms with Crippen LogP contribution in [0.15, 0.2) is 70.4 Å². The third-order valence-corrected chi connectivity index (χ3v) is 6.36. The van der Waals surface area contributed by atoms with Crippen LogP contribution in [0.5, 0.6) is 0 Å². The molecule has 0 atom stereocenters. The fourth-order valence-corrected chi connectivity index (χ4v) is 4.51. The highest BCUT2D eigenvalue weighted by atomic mass is 32.2. The molecule has 0 N–H and O–H groups in total. The quantitative estimate of drug-likeness (QED) is 0.597. The first-order chi connectivity index (χ1) is 12.8. The maximum absolute atomic E-state index is 13.0. The Labute approximate surface area is 159 Å². The maximum atomic E-state index is 13.0. The zero-order valence-corrected chi connectivity index (χ0v) is 15.6. The molecule has 27 heavy (non-hydrogen) atoms. The van der Waals surface area contributed by atoms with Gasteiger partial charge in [-0.15, -0.1) is 0 Å². The van der Waals surface area contributed by atoms with Gasteiger partial charge in [-0.25, -0.2) is 8.42 Å². The third kappa shape index (κ3) is 4.74. The van der Waals surface area contributed by atoms with E-state index in [0.29, 0.717) is 5.69 Å². The Balaban J connectivity index is 1.93. The molecule has 4 nitrogen and oxygen atoms in total. The molecule has 0 aliphatic heterocycles. The van der Waals surface area contributed by atoms with Crippen molar-refractivity contribution in [3.05, 3.63) is 82.3 Å². The molecule has 0 spiro atoms. The lowest BCUT2D eigenvalue weighted by atomic mass is 10.2. The first-order valence-corrected chi connectivity index (χ1v) is 10.2. The van der Waals surface area contributed by atoms with Gasteiger partial charge in [0.05, 0.1) is 22.7 Å². The predicted octanol–water partition coefficient (Wildman–Crippen LogP) is 4.55. The number of hydrogen-bond donors (Lipinski definition) is 0. The number of thiophene rings is 1. The molecule has 1 aromatic carbocycles. The molecule has 0 radical (unpaired) electrons. The number of alkyl halides is 3. The van der Waals surface area contributed by atoms with Crippen molar-refractivity contribution in [3.63, 3.8) is 0 Å². The second kappa shape index (κ2) is 7.79. The molecular formula is C18H15F3N2O2S2. The number of halogens is 3. The van der Waals surface area contributed by atoms with Gasteiger partial charge in [0, 0.05) is 12.7 Å². The summed E-state index contributed by atoms with van der Waals surface area (Å²) in [5, 5.41) is 3.66. The summed E-state index contributed by atoms with van der Waals surface area (Å²) in [4.78, 5) is 3.96. The van der Waals surface area contributed by atoms with Crippen LogP contribution in [0.1, 0.15) is 16.8 Å². The average molecular weight is 412 g/mol. The Morgan fingerprint density at radius 3 is 2.30 bits per heavy atom. The minimum atomic E-state index is -4.52. The van der Waals surface area contributed by atoms with E-state index in [0.717, 1.165) is 29.8 Å². The summed E-state index contributed by atoms with van der Waals surface area (Å²) in [6, 6.07) is 10.5. The predicted molar refractivity (Wildman–Crippen MR) is 96.4 cm³/mol. The van der Waals surface area contributed by atoms with Crippen molar-refractivity contribution in [2.24, 2.45) is 0 Å². The van der Waals surface area contributed by atoms with Gasteiger partial charge in [-0.3, -0.25) is 4.98 Å². The van der Waals surface area contributed by atoms with E-state index in [1.165, 1.54) is 15.6 Å². The lowest BCUT2D eigenvalue weighted by molar-refractivity contribution is -0.137. The molecule has 0 amide bonds. The van der Waals surface area contributed by atoms with Crippen LogP contribution in [0.25, 0.3) is 0 Å². The molecular weight excluding hydrogens is 397 g/mol. The molecule has 0 unspecified atom stereocenters. The van der Waals surface area contributed by atoms with Gasteiger partial charge in [0.25, 0.3) is 0 Å². The monoisotopic (exact) mass is 412 g/mol. The van der Waals surface area contributed by atoms with Crippen molar-refractivity contribution >= 4 is 21.4 Å². The van der Waals surface area contributed by atoms with E-state index >= 15 is 0 Å². The molecule has 0 bridgehead atoms. The summed E-state index contributed by atoms with van der Waals surface area (Å²) in [7, 11) is -4.01. The van der Waals surface area contributed by atoms with Crippen LogP contribution in [-0.2, 0) is 29.3 Å². The van der Waals surface area contributed by atoms with E-state index in [2.05, 4.69) is 4.98 Å². The van der Waals surface area contributed by atoms with Crippen LogP contribution in [0.2, 0.25) is 0 Å². The van der Waals surface area contributed by atoms with Crippen LogP contribution in [0.3, 0.4) is 0 Å². The molecule has 142 valence electrons. The number of sulfonamides is 1. The smallest absolute Gasteiger partial charge is 0.260 e. The molecule has 3 rings (SSSR count). The molecule has 3 aromatic rings. The largest absolute Gasteiger partial charge is 0.416 e. The lowest BCUT2D eigenvalue weighted by Gasteiger charge is -2.22. The summed E-state index contributed by atoms with van der Waals surface area (Å²) in [5.41, 5.74) is 0.449. The van der Waals surface area contributed by atoms with Crippen molar-refractivity contribution in [1.29, 1.82) is 0 Å². The highest BCUT2D eigenvalue weighted by Crippen LogP contribution is 2.30. The minimum absolute atomic E-state index is 0.0139. The number of hydrogen-bond acceptors (Lipinski definition) is 4. The van der Waals surface area contributed by atoms with Gasteiger partial charge in [-0.2, -0.15) is 28.8 Å². The number of aromatic nitrogens is 1. The standard InChI is InChI=1S/C18H15F3N2O2S2/c19-18(20,21)15-4-6-17(7-5-15)27(24,25)23(11-14-8-10-26-13-14)12-16-3-1-2-9-22-16/h1-10,13H,11-12H2. The van der Waals surface area contributed by atoms with E-state index in [1.54, 1.807) is 30.5 Å². The van der Waals surface area contributed by atoms with Gasteiger partial charge >= 0.3 is 6.18 Å². The van der Waals surface area contributed by atoms with Crippen LogP contribution < -0.4 is 0 Å². The first kappa shape index (κ1) is 19.5. The highest BCUT2D eigenvalue weighted by molar-refractivity contribution is 7.89. The van der Waals surface area contributed by atoms with Crippen molar-refractivity contribution in [1.82, 2.24) is 9.29 Å². The van der Waals surface area contributed by atoms with Gasteiger partial charge in [-0.05, 0) is 58.8 Å². The Kier molecular flexibility index (Phi) is 5.64. The summed E-state index contributed by atoms with van der Waals surface area (Å²) < 4.78 is 65.5. The fourth-order valence-electron chi connectivity index (χ4n) is 2.45. The number of pyridine rings is 1. The zero-order valence-electron chi connectivity index (χ0n) is 13.9. The van der Waals surface area contributed by atoms with E-state index in [9.17, 15) is 21.6 Å². The summed E-state index contributed by atoms with van der Waals surface area (Å²) in [6.45, 7) is 0.115. The molecule has 2 heterocycles. The van der Waals surface area contributed by atoms with Gasteiger partial charge in [-0.1, -0.05) is 6.07 Å². The van der Waals surface area contributed by atoms with Crippen molar-refractivity contribution in [2.45, 2.75) is 24.2 Å². The molecule has 0 fully saturated rings. The van der Waals surface area contributed by atoms with Gasteiger partial charge in [0.2, 0.25) is 10.0 Å². The SMILES string of the molecule is O=S(=O)(c1ccc(C(F)(F)F)cc1)N(Cc1ccsc1)Cc1ccccn1. The van der Waals surface area contributed by atoms with Crippen molar-refractivity contribution < 1.29 is 21.6 Å².